The molecule has 2 aliphatic heterocycles. The molecule has 3 heterocycles. The van der Waals surface area contributed by atoms with E-state index in [0.717, 1.165) is 37.7 Å². The number of piperidine rings is 1. The lowest BCUT2D eigenvalue weighted by Gasteiger charge is -2.30. The second-order valence-corrected chi connectivity index (χ2v) is 6.34. The van der Waals surface area contributed by atoms with E-state index in [2.05, 4.69) is 9.88 Å². The third-order valence-electron chi connectivity index (χ3n) is 4.75. The van der Waals surface area contributed by atoms with Crippen molar-refractivity contribution >= 4 is 5.82 Å². The Labute approximate surface area is 141 Å². The molecule has 0 amide bonds. The van der Waals surface area contributed by atoms with Gasteiger partial charge in [0.05, 0.1) is 0 Å². The molecule has 0 N–H and O–H groups in total. The van der Waals surface area contributed by atoms with Crippen LogP contribution in [-0.4, -0.2) is 22.1 Å². The summed E-state index contributed by atoms with van der Waals surface area (Å²) < 4.78 is 46.9. The Morgan fingerprint density at radius 3 is 2.76 bits per heavy atom. The van der Waals surface area contributed by atoms with E-state index in [4.69, 9.17) is 4.74 Å². The summed E-state index contributed by atoms with van der Waals surface area (Å²) in [6.07, 6.45) is 3.22. The minimum atomic E-state index is -1.26. The Kier molecular flexibility index (Phi) is 3.89. The maximum atomic E-state index is 13.7. The zero-order valence-corrected chi connectivity index (χ0v) is 13.3. The van der Waals surface area contributed by atoms with Crippen LogP contribution in [0.15, 0.2) is 23.0 Å². The van der Waals surface area contributed by atoms with Gasteiger partial charge in [0.1, 0.15) is 18.2 Å². The van der Waals surface area contributed by atoms with Gasteiger partial charge in [0.2, 0.25) is 5.88 Å². The topological polar surface area (TPSA) is 47.4 Å². The summed E-state index contributed by atoms with van der Waals surface area (Å²) in [6.45, 7) is 1.13. The van der Waals surface area contributed by atoms with Crippen LogP contribution >= 0.6 is 0 Å². The molecule has 132 valence electrons. The van der Waals surface area contributed by atoms with Gasteiger partial charge in [-0.25, -0.2) is 18.0 Å². The zero-order chi connectivity index (χ0) is 17.6. The molecule has 2 aliphatic rings. The molecule has 2 aromatic rings. The van der Waals surface area contributed by atoms with Crippen molar-refractivity contribution in [2.45, 2.75) is 38.5 Å². The number of benzene rings is 1. The average molecular weight is 351 g/mol. The first kappa shape index (κ1) is 16.0. The number of nitrogens with zero attached hydrogens (tertiary/aromatic N) is 3. The smallest absolute Gasteiger partial charge is 0.352 e. The average Bonchev–Trinajstić information content (AvgIpc) is 2.96. The molecule has 0 spiro atoms. The largest absolute Gasteiger partial charge is 0.472 e. The number of ether oxygens (including phenoxy) is 1. The van der Waals surface area contributed by atoms with E-state index >= 15 is 0 Å². The predicted octanol–water partition coefficient (Wildman–Crippen LogP) is 2.61. The third-order valence-corrected chi connectivity index (χ3v) is 4.75. The van der Waals surface area contributed by atoms with Gasteiger partial charge in [0, 0.05) is 36.8 Å². The van der Waals surface area contributed by atoms with Gasteiger partial charge in [-0.05, 0) is 25.3 Å². The van der Waals surface area contributed by atoms with Gasteiger partial charge in [-0.2, -0.15) is 4.98 Å². The van der Waals surface area contributed by atoms with Crippen molar-refractivity contribution in [1.29, 1.82) is 0 Å². The number of aromatic nitrogens is 2. The van der Waals surface area contributed by atoms with Crippen LogP contribution < -0.4 is 15.3 Å². The molecule has 1 atom stereocenters. The summed E-state index contributed by atoms with van der Waals surface area (Å²) in [5.74, 6) is -2.53. The van der Waals surface area contributed by atoms with E-state index in [9.17, 15) is 18.0 Å². The Bertz CT molecular complexity index is 884. The van der Waals surface area contributed by atoms with Crippen LogP contribution in [0.25, 0.3) is 0 Å². The van der Waals surface area contributed by atoms with Crippen LogP contribution in [0, 0.1) is 17.5 Å². The molecule has 4 rings (SSSR count). The standard InChI is InChI=1S/C17H16F3N3O2/c18-12-6-14(20)13(19)5-10(12)9-25-15-7-16-22-4-2-1-3-11(22)8-23(16)17(24)21-15/h5-7,11H,1-4,8-9H2/t11-/m1/s1. The molecule has 0 aliphatic carbocycles. The van der Waals surface area contributed by atoms with Crippen LogP contribution in [0.3, 0.4) is 0 Å². The Balaban J connectivity index is 1.58. The number of halogens is 3. The fourth-order valence-electron chi connectivity index (χ4n) is 3.49. The summed E-state index contributed by atoms with van der Waals surface area (Å²) >= 11 is 0. The van der Waals surface area contributed by atoms with E-state index in [-0.39, 0.29) is 18.1 Å². The molecular formula is C17H16F3N3O2. The molecule has 8 heteroatoms. The maximum Gasteiger partial charge on any atom is 0.352 e. The van der Waals surface area contributed by atoms with Crippen LogP contribution in [0.2, 0.25) is 0 Å². The summed E-state index contributed by atoms with van der Waals surface area (Å²) in [6, 6.07) is 3.15. The number of hydrogen-bond donors (Lipinski definition) is 0. The molecule has 5 nitrogen and oxygen atoms in total. The van der Waals surface area contributed by atoms with Crippen LogP contribution in [0.4, 0.5) is 19.0 Å². The van der Waals surface area contributed by atoms with E-state index in [1.54, 1.807) is 10.6 Å². The molecule has 25 heavy (non-hydrogen) atoms. The summed E-state index contributed by atoms with van der Waals surface area (Å²) in [5, 5.41) is 0. The summed E-state index contributed by atoms with van der Waals surface area (Å²) in [5.41, 5.74) is -0.565. The predicted molar refractivity (Wildman–Crippen MR) is 84.1 cm³/mol. The molecule has 0 bridgehead atoms. The number of anilines is 1. The second-order valence-electron chi connectivity index (χ2n) is 6.34. The monoisotopic (exact) mass is 351 g/mol. The van der Waals surface area contributed by atoms with Gasteiger partial charge in [-0.3, -0.25) is 4.57 Å². The fraction of sp³-hybridized carbons (Fsp3) is 0.412. The lowest BCUT2D eigenvalue weighted by molar-refractivity contribution is 0.284. The third kappa shape index (κ3) is 2.85. The Hall–Kier alpha value is -2.51. The first-order valence-electron chi connectivity index (χ1n) is 8.17. The second kappa shape index (κ2) is 6.09. The highest BCUT2D eigenvalue weighted by Crippen LogP contribution is 2.32. The maximum absolute atomic E-state index is 13.7. The van der Waals surface area contributed by atoms with Crippen LogP contribution in [-0.2, 0) is 13.2 Å². The van der Waals surface area contributed by atoms with Crippen molar-refractivity contribution in [2.24, 2.45) is 0 Å². The van der Waals surface area contributed by atoms with Gasteiger partial charge in [0.15, 0.2) is 11.6 Å². The molecule has 1 fully saturated rings. The van der Waals surface area contributed by atoms with Gasteiger partial charge < -0.3 is 9.64 Å². The van der Waals surface area contributed by atoms with Gasteiger partial charge >= 0.3 is 5.69 Å². The van der Waals surface area contributed by atoms with E-state index in [1.165, 1.54) is 0 Å². The quantitative estimate of drug-likeness (QED) is 0.798. The molecule has 0 unspecified atom stereocenters. The number of fused-ring (bicyclic) bond motifs is 3. The van der Waals surface area contributed by atoms with Crippen molar-refractivity contribution in [3.05, 3.63) is 51.7 Å². The van der Waals surface area contributed by atoms with E-state index in [0.29, 0.717) is 18.7 Å². The van der Waals surface area contributed by atoms with Crippen molar-refractivity contribution in [2.75, 3.05) is 11.4 Å². The minimum absolute atomic E-state index is 0.0478. The summed E-state index contributed by atoms with van der Waals surface area (Å²) in [7, 11) is 0. The first-order valence-corrected chi connectivity index (χ1v) is 8.17. The lowest BCUT2D eigenvalue weighted by atomic mass is 10.0. The fourth-order valence-corrected chi connectivity index (χ4v) is 3.49. The summed E-state index contributed by atoms with van der Waals surface area (Å²) in [4.78, 5) is 18.2. The highest BCUT2D eigenvalue weighted by molar-refractivity contribution is 5.47. The zero-order valence-electron chi connectivity index (χ0n) is 13.3. The van der Waals surface area contributed by atoms with Crippen molar-refractivity contribution < 1.29 is 17.9 Å². The lowest BCUT2D eigenvalue weighted by Crippen LogP contribution is -2.36. The SMILES string of the molecule is O=c1nc(OCc2cc(F)c(F)cc2F)cc2n1C[C@H]1CCCCN21. The van der Waals surface area contributed by atoms with Gasteiger partial charge in [-0.15, -0.1) is 0 Å². The minimum Gasteiger partial charge on any atom is -0.472 e. The molecule has 1 aromatic heterocycles. The van der Waals surface area contributed by atoms with Crippen LogP contribution in [0.1, 0.15) is 24.8 Å². The molecule has 1 aromatic carbocycles. The number of rotatable bonds is 3. The molecule has 0 radical (unpaired) electrons. The van der Waals surface area contributed by atoms with Crippen molar-refractivity contribution in [1.82, 2.24) is 9.55 Å². The highest BCUT2D eigenvalue weighted by Gasteiger charge is 2.32. The van der Waals surface area contributed by atoms with E-state index in [1.807, 2.05) is 0 Å². The van der Waals surface area contributed by atoms with Gasteiger partial charge in [-0.1, -0.05) is 0 Å². The molecule has 0 saturated carbocycles. The van der Waals surface area contributed by atoms with E-state index < -0.39 is 23.1 Å². The Morgan fingerprint density at radius 2 is 1.92 bits per heavy atom. The van der Waals surface area contributed by atoms with Crippen molar-refractivity contribution in [3.63, 3.8) is 0 Å². The van der Waals surface area contributed by atoms with Crippen LogP contribution in [0.5, 0.6) is 5.88 Å². The number of hydrogen-bond acceptors (Lipinski definition) is 4. The van der Waals surface area contributed by atoms with Gasteiger partial charge in [0.25, 0.3) is 0 Å². The first-order chi connectivity index (χ1) is 12.0. The molecule has 1 saturated heterocycles. The highest BCUT2D eigenvalue weighted by atomic mass is 19.2. The normalized spacial score (nSPS) is 18.8. The van der Waals surface area contributed by atoms with Crippen molar-refractivity contribution in [3.8, 4) is 5.88 Å². The Morgan fingerprint density at radius 1 is 1.12 bits per heavy atom. The molecular weight excluding hydrogens is 335 g/mol.